The number of hydrogen-bond donors (Lipinski definition) is 3. The molecule has 0 unspecified atom stereocenters. The van der Waals surface area contributed by atoms with E-state index < -0.39 is 0 Å². The second kappa shape index (κ2) is 7.05. The molecule has 0 amide bonds. The van der Waals surface area contributed by atoms with Gasteiger partial charge in [0.1, 0.15) is 0 Å². The van der Waals surface area contributed by atoms with E-state index in [0.717, 1.165) is 5.69 Å². The Hall–Kier alpha value is -1.30. The summed E-state index contributed by atoms with van der Waals surface area (Å²) in [6.07, 6.45) is 0. The maximum absolute atomic E-state index is 8.83. The van der Waals surface area contributed by atoms with Crippen molar-refractivity contribution < 1.29 is 15.7 Å². The molecule has 5 heteroatoms. The van der Waals surface area contributed by atoms with E-state index >= 15 is 0 Å². The van der Waals surface area contributed by atoms with E-state index in [1.54, 1.807) is 12.1 Å². The summed E-state index contributed by atoms with van der Waals surface area (Å²) in [4.78, 5) is 1.90. The van der Waals surface area contributed by atoms with Crippen LogP contribution in [-0.4, -0.2) is 42.0 Å². The SMILES string of the molecule is Nc1ccc(N(CCO)CCO)cc1.O. The molecule has 0 fully saturated rings. The number of rotatable bonds is 5. The largest absolute Gasteiger partial charge is 0.412 e. The first kappa shape index (κ1) is 13.7. The third kappa shape index (κ3) is 4.16. The minimum atomic E-state index is 0. The maximum atomic E-state index is 8.83. The van der Waals surface area contributed by atoms with Crippen molar-refractivity contribution in [2.45, 2.75) is 0 Å². The fourth-order valence-electron chi connectivity index (χ4n) is 1.30. The van der Waals surface area contributed by atoms with Gasteiger partial charge in [-0.3, -0.25) is 0 Å². The van der Waals surface area contributed by atoms with Crippen molar-refractivity contribution in [3.8, 4) is 0 Å². The number of anilines is 2. The smallest absolute Gasteiger partial charge is 0.0606 e. The number of nitrogens with two attached hydrogens (primary N) is 1. The highest BCUT2D eigenvalue weighted by atomic mass is 16.3. The average molecular weight is 214 g/mol. The third-order valence-corrected chi connectivity index (χ3v) is 2.00. The molecule has 15 heavy (non-hydrogen) atoms. The minimum absolute atomic E-state index is 0. The standard InChI is InChI=1S/C10H16N2O2.H2O/c11-9-1-3-10(4-2-9)12(5-7-13)6-8-14;/h1-4,13-14H,5-8,11H2;1H2. The van der Waals surface area contributed by atoms with Gasteiger partial charge in [-0.05, 0) is 24.3 Å². The Morgan fingerprint density at radius 2 is 1.47 bits per heavy atom. The minimum Gasteiger partial charge on any atom is -0.412 e. The molecule has 0 saturated heterocycles. The molecule has 0 bridgehead atoms. The molecule has 1 rings (SSSR count). The molecule has 1 aromatic rings. The summed E-state index contributed by atoms with van der Waals surface area (Å²) in [6.45, 7) is 1.18. The number of nitrogens with zero attached hydrogens (tertiary/aromatic N) is 1. The second-order valence-electron chi connectivity index (χ2n) is 3.03. The molecule has 0 aliphatic rings. The van der Waals surface area contributed by atoms with Crippen LogP contribution in [0, 0.1) is 0 Å². The number of aliphatic hydroxyl groups is 2. The molecular formula is C10H18N2O3. The van der Waals surface area contributed by atoms with Crippen LogP contribution in [0.25, 0.3) is 0 Å². The topological polar surface area (TPSA) is 101 Å². The van der Waals surface area contributed by atoms with Crippen LogP contribution in [0.5, 0.6) is 0 Å². The molecule has 0 spiro atoms. The summed E-state index contributed by atoms with van der Waals surface area (Å²) in [5, 5.41) is 17.7. The van der Waals surface area contributed by atoms with Gasteiger partial charge in [0.25, 0.3) is 0 Å². The fourth-order valence-corrected chi connectivity index (χ4v) is 1.30. The van der Waals surface area contributed by atoms with Crippen molar-refractivity contribution in [2.24, 2.45) is 0 Å². The molecule has 0 saturated carbocycles. The Balaban J connectivity index is 0.00000196. The van der Waals surface area contributed by atoms with E-state index in [0.29, 0.717) is 18.8 Å². The first-order valence-corrected chi connectivity index (χ1v) is 4.60. The number of nitrogen functional groups attached to an aromatic ring is 1. The lowest BCUT2D eigenvalue weighted by molar-refractivity contribution is 0.281. The molecule has 86 valence electrons. The normalized spacial score (nSPS) is 9.47. The van der Waals surface area contributed by atoms with Crippen molar-refractivity contribution >= 4 is 11.4 Å². The lowest BCUT2D eigenvalue weighted by Gasteiger charge is -2.22. The zero-order valence-corrected chi connectivity index (χ0v) is 8.56. The highest BCUT2D eigenvalue weighted by Gasteiger charge is 2.03. The van der Waals surface area contributed by atoms with Gasteiger partial charge in [0.2, 0.25) is 0 Å². The van der Waals surface area contributed by atoms with Gasteiger partial charge < -0.3 is 26.3 Å². The maximum Gasteiger partial charge on any atom is 0.0606 e. The van der Waals surface area contributed by atoms with Crippen molar-refractivity contribution in [1.29, 1.82) is 0 Å². The molecular weight excluding hydrogens is 196 g/mol. The van der Waals surface area contributed by atoms with Gasteiger partial charge in [-0.2, -0.15) is 0 Å². The van der Waals surface area contributed by atoms with Gasteiger partial charge in [0.15, 0.2) is 0 Å². The van der Waals surface area contributed by atoms with E-state index in [1.807, 2.05) is 17.0 Å². The third-order valence-electron chi connectivity index (χ3n) is 2.00. The van der Waals surface area contributed by atoms with E-state index in [2.05, 4.69) is 0 Å². The summed E-state index contributed by atoms with van der Waals surface area (Å²) >= 11 is 0. The summed E-state index contributed by atoms with van der Waals surface area (Å²) in [5.74, 6) is 0. The van der Waals surface area contributed by atoms with Gasteiger partial charge in [-0.25, -0.2) is 0 Å². The van der Waals surface area contributed by atoms with Crippen LogP contribution in [0.3, 0.4) is 0 Å². The molecule has 0 heterocycles. The van der Waals surface area contributed by atoms with Crippen LogP contribution >= 0.6 is 0 Å². The molecule has 5 nitrogen and oxygen atoms in total. The van der Waals surface area contributed by atoms with Gasteiger partial charge in [-0.15, -0.1) is 0 Å². The summed E-state index contributed by atoms with van der Waals surface area (Å²) in [6, 6.07) is 7.36. The second-order valence-corrected chi connectivity index (χ2v) is 3.03. The fraction of sp³-hybridized carbons (Fsp3) is 0.400. The average Bonchev–Trinajstić information content (AvgIpc) is 2.19. The highest BCUT2D eigenvalue weighted by Crippen LogP contribution is 2.15. The van der Waals surface area contributed by atoms with E-state index in [-0.39, 0.29) is 18.7 Å². The molecule has 0 atom stereocenters. The lowest BCUT2D eigenvalue weighted by atomic mass is 10.2. The van der Waals surface area contributed by atoms with Crippen molar-refractivity contribution in [3.05, 3.63) is 24.3 Å². The zero-order chi connectivity index (χ0) is 10.4. The first-order valence-electron chi connectivity index (χ1n) is 4.60. The number of hydrogen-bond acceptors (Lipinski definition) is 4. The van der Waals surface area contributed by atoms with Crippen LogP contribution in [-0.2, 0) is 0 Å². The Morgan fingerprint density at radius 1 is 1.00 bits per heavy atom. The number of benzene rings is 1. The Bertz CT molecular complexity index is 258. The van der Waals surface area contributed by atoms with Gasteiger partial charge >= 0.3 is 0 Å². The Morgan fingerprint density at radius 3 is 1.87 bits per heavy atom. The highest BCUT2D eigenvalue weighted by molar-refractivity contribution is 5.53. The predicted molar refractivity (Wildman–Crippen MR) is 60.9 cm³/mol. The predicted octanol–water partition coefficient (Wildman–Crippen LogP) is -0.765. The van der Waals surface area contributed by atoms with Gasteiger partial charge in [-0.1, -0.05) is 0 Å². The van der Waals surface area contributed by atoms with Gasteiger partial charge in [0, 0.05) is 24.5 Å². The van der Waals surface area contributed by atoms with Gasteiger partial charge in [0.05, 0.1) is 13.2 Å². The zero-order valence-electron chi connectivity index (χ0n) is 8.56. The summed E-state index contributed by atoms with van der Waals surface area (Å²) in [5.41, 5.74) is 7.23. The van der Waals surface area contributed by atoms with E-state index in [1.165, 1.54) is 0 Å². The molecule has 1 aromatic carbocycles. The van der Waals surface area contributed by atoms with Crippen LogP contribution in [0.4, 0.5) is 11.4 Å². The van der Waals surface area contributed by atoms with E-state index in [4.69, 9.17) is 15.9 Å². The van der Waals surface area contributed by atoms with Crippen LogP contribution in [0.15, 0.2) is 24.3 Å². The van der Waals surface area contributed by atoms with Crippen LogP contribution in [0.2, 0.25) is 0 Å². The lowest BCUT2D eigenvalue weighted by Crippen LogP contribution is -2.29. The Kier molecular flexibility index (Phi) is 6.44. The Labute approximate surface area is 89.1 Å². The van der Waals surface area contributed by atoms with Crippen molar-refractivity contribution in [2.75, 3.05) is 36.9 Å². The number of aliphatic hydroxyl groups excluding tert-OH is 2. The van der Waals surface area contributed by atoms with Crippen LogP contribution in [0.1, 0.15) is 0 Å². The molecule has 0 radical (unpaired) electrons. The van der Waals surface area contributed by atoms with Crippen molar-refractivity contribution in [3.63, 3.8) is 0 Å². The van der Waals surface area contributed by atoms with Crippen molar-refractivity contribution in [1.82, 2.24) is 0 Å². The molecule has 0 aromatic heterocycles. The first-order chi connectivity index (χ1) is 6.77. The monoisotopic (exact) mass is 214 g/mol. The molecule has 6 N–H and O–H groups in total. The quantitative estimate of drug-likeness (QED) is 0.560. The van der Waals surface area contributed by atoms with Crippen LogP contribution < -0.4 is 10.6 Å². The molecule has 0 aliphatic heterocycles. The summed E-state index contributed by atoms with van der Waals surface area (Å²) < 4.78 is 0. The summed E-state index contributed by atoms with van der Waals surface area (Å²) in [7, 11) is 0. The molecule has 0 aliphatic carbocycles. The van der Waals surface area contributed by atoms with E-state index in [9.17, 15) is 0 Å².